The number of esters is 1. The standard InChI is InChI=1S/C19H19NO5S/c1-25-19(22)16-11-12-20(17-10-6-5-9-15(17)18(16)21)26(23,24)13-14-7-3-2-4-8-14/h2-10,16H,11-13H2,1H3. The van der Waals surface area contributed by atoms with Crippen molar-refractivity contribution in [3.63, 3.8) is 0 Å². The largest absolute Gasteiger partial charge is 0.468 e. The third kappa shape index (κ3) is 3.48. The van der Waals surface area contributed by atoms with Crippen molar-refractivity contribution in [2.45, 2.75) is 12.2 Å². The smallest absolute Gasteiger partial charge is 0.316 e. The highest BCUT2D eigenvalue weighted by molar-refractivity contribution is 7.92. The lowest BCUT2D eigenvalue weighted by molar-refractivity contribution is -0.143. The van der Waals surface area contributed by atoms with Gasteiger partial charge in [-0.3, -0.25) is 13.9 Å². The first-order valence-corrected chi connectivity index (χ1v) is 9.80. The van der Waals surface area contributed by atoms with Crippen molar-refractivity contribution in [2.24, 2.45) is 5.92 Å². The number of fused-ring (bicyclic) bond motifs is 1. The number of methoxy groups -OCH3 is 1. The number of anilines is 1. The minimum absolute atomic E-state index is 0.0394. The predicted molar refractivity (Wildman–Crippen MR) is 97.3 cm³/mol. The van der Waals surface area contributed by atoms with Gasteiger partial charge in [0.2, 0.25) is 10.0 Å². The Morgan fingerprint density at radius 3 is 2.46 bits per heavy atom. The molecular formula is C19H19NO5S. The van der Waals surface area contributed by atoms with Crippen LogP contribution in [0.1, 0.15) is 22.3 Å². The average Bonchev–Trinajstić information content (AvgIpc) is 2.79. The number of carbonyl (C=O) groups is 2. The molecule has 1 heterocycles. The molecule has 3 rings (SSSR count). The van der Waals surface area contributed by atoms with Gasteiger partial charge in [0, 0.05) is 12.1 Å². The molecule has 0 saturated heterocycles. The number of hydrogen-bond acceptors (Lipinski definition) is 5. The van der Waals surface area contributed by atoms with E-state index in [0.29, 0.717) is 11.3 Å². The number of para-hydroxylation sites is 1. The van der Waals surface area contributed by atoms with E-state index < -0.39 is 27.7 Å². The van der Waals surface area contributed by atoms with Gasteiger partial charge in [0.1, 0.15) is 5.92 Å². The molecule has 0 bridgehead atoms. The zero-order chi connectivity index (χ0) is 18.7. The van der Waals surface area contributed by atoms with Crippen LogP contribution in [0, 0.1) is 5.92 Å². The number of nitrogens with zero attached hydrogens (tertiary/aromatic N) is 1. The molecular weight excluding hydrogens is 354 g/mol. The Bertz CT molecular complexity index is 924. The average molecular weight is 373 g/mol. The SMILES string of the molecule is COC(=O)C1CCN(S(=O)(=O)Cc2ccccc2)c2ccccc2C1=O. The Labute approximate surface area is 152 Å². The quantitative estimate of drug-likeness (QED) is 0.607. The van der Waals surface area contributed by atoms with Crippen LogP contribution >= 0.6 is 0 Å². The van der Waals surface area contributed by atoms with Gasteiger partial charge in [-0.05, 0) is 24.1 Å². The third-order valence-corrected chi connectivity index (χ3v) is 6.14. The van der Waals surface area contributed by atoms with Gasteiger partial charge in [-0.2, -0.15) is 0 Å². The molecule has 0 aliphatic carbocycles. The summed E-state index contributed by atoms with van der Waals surface area (Å²) in [6, 6.07) is 15.3. The summed E-state index contributed by atoms with van der Waals surface area (Å²) >= 11 is 0. The van der Waals surface area contributed by atoms with E-state index in [0.717, 1.165) is 0 Å². The number of ether oxygens (including phenoxy) is 1. The highest BCUT2D eigenvalue weighted by atomic mass is 32.2. The second-order valence-corrected chi connectivity index (χ2v) is 7.95. The summed E-state index contributed by atoms with van der Waals surface area (Å²) in [5, 5.41) is 0. The molecule has 0 N–H and O–H groups in total. The number of benzene rings is 2. The maximum atomic E-state index is 13.0. The summed E-state index contributed by atoms with van der Waals surface area (Å²) in [6.45, 7) is 0.0394. The van der Waals surface area contributed by atoms with E-state index in [1.807, 2.05) is 6.07 Å². The van der Waals surface area contributed by atoms with E-state index in [9.17, 15) is 18.0 Å². The Kier molecular flexibility index (Phi) is 5.08. The van der Waals surface area contributed by atoms with E-state index in [1.54, 1.807) is 48.5 Å². The van der Waals surface area contributed by atoms with Crippen LogP contribution in [-0.4, -0.2) is 33.8 Å². The number of carbonyl (C=O) groups excluding carboxylic acids is 2. The minimum atomic E-state index is -3.72. The fourth-order valence-electron chi connectivity index (χ4n) is 3.10. The van der Waals surface area contributed by atoms with Crippen LogP contribution in [-0.2, 0) is 25.3 Å². The molecule has 7 heteroatoms. The summed E-state index contributed by atoms with van der Waals surface area (Å²) in [5.41, 5.74) is 1.18. The van der Waals surface area contributed by atoms with Gasteiger partial charge < -0.3 is 4.74 Å². The molecule has 1 aliphatic heterocycles. The van der Waals surface area contributed by atoms with Gasteiger partial charge in [-0.15, -0.1) is 0 Å². The van der Waals surface area contributed by atoms with Crippen LogP contribution in [0.4, 0.5) is 5.69 Å². The molecule has 0 fully saturated rings. The first kappa shape index (κ1) is 18.1. The third-order valence-electron chi connectivity index (χ3n) is 4.39. The summed E-state index contributed by atoms with van der Waals surface area (Å²) in [6.07, 6.45) is 0.0776. The van der Waals surface area contributed by atoms with Crippen LogP contribution in [0.15, 0.2) is 54.6 Å². The van der Waals surface area contributed by atoms with Gasteiger partial charge in [0.15, 0.2) is 5.78 Å². The van der Waals surface area contributed by atoms with Crippen molar-refractivity contribution in [1.29, 1.82) is 0 Å². The Hall–Kier alpha value is -2.67. The lowest BCUT2D eigenvalue weighted by atomic mass is 9.95. The van der Waals surface area contributed by atoms with Gasteiger partial charge in [0.05, 0.1) is 18.6 Å². The topological polar surface area (TPSA) is 80.8 Å². The van der Waals surface area contributed by atoms with E-state index in [4.69, 9.17) is 4.74 Å². The van der Waals surface area contributed by atoms with Gasteiger partial charge in [-0.25, -0.2) is 8.42 Å². The normalized spacial score (nSPS) is 17.3. The zero-order valence-electron chi connectivity index (χ0n) is 14.3. The van der Waals surface area contributed by atoms with E-state index in [2.05, 4.69) is 0 Å². The van der Waals surface area contributed by atoms with E-state index >= 15 is 0 Å². The van der Waals surface area contributed by atoms with Crippen molar-refractivity contribution in [3.8, 4) is 0 Å². The molecule has 2 aromatic rings. The first-order valence-electron chi connectivity index (χ1n) is 8.19. The Morgan fingerprint density at radius 1 is 1.12 bits per heavy atom. The molecule has 1 aliphatic rings. The van der Waals surface area contributed by atoms with Crippen LogP contribution in [0.3, 0.4) is 0 Å². The zero-order valence-corrected chi connectivity index (χ0v) is 15.1. The summed E-state index contributed by atoms with van der Waals surface area (Å²) in [7, 11) is -2.50. The Morgan fingerprint density at radius 2 is 1.77 bits per heavy atom. The number of ketones is 1. The molecule has 0 spiro atoms. The van der Waals surface area contributed by atoms with Crippen LogP contribution in [0.5, 0.6) is 0 Å². The van der Waals surface area contributed by atoms with Gasteiger partial charge in [0.25, 0.3) is 0 Å². The number of hydrogen-bond donors (Lipinski definition) is 0. The second-order valence-electron chi connectivity index (χ2n) is 6.06. The van der Waals surface area contributed by atoms with E-state index in [-0.39, 0.29) is 24.3 Å². The minimum Gasteiger partial charge on any atom is -0.468 e. The van der Waals surface area contributed by atoms with Crippen LogP contribution in [0.25, 0.3) is 0 Å². The molecule has 6 nitrogen and oxygen atoms in total. The lowest BCUT2D eigenvalue weighted by Gasteiger charge is -2.24. The predicted octanol–water partition coefficient (Wildman–Crippen LogP) is 2.40. The van der Waals surface area contributed by atoms with Crippen LogP contribution in [0.2, 0.25) is 0 Å². The summed E-state index contributed by atoms with van der Waals surface area (Å²) in [5.74, 6) is -2.24. The van der Waals surface area contributed by atoms with Crippen molar-refractivity contribution in [3.05, 3.63) is 65.7 Å². The maximum absolute atomic E-state index is 13.0. The highest BCUT2D eigenvalue weighted by Crippen LogP contribution is 2.32. The maximum Gasteiger partial charge on any atom is 0.316 e. The van der Waals surface area contributed by atoms with Crippen LogP contribution < -0.4 is 4.31 Å². The molecule has 136 valence electrons. The molecule has 0 aromatic heterocycles. The Balaban J connectivity index is 2.02. The molecule has 1 unspecified atom stereocenters. The molecule has 26 heavy (non-hydrogen) atoms. The molecule has 0 amide bonds. The number of Topliss-reactive ketones (excluding diaryl/α,β-unsaturated/α-hetero) is 1. The van der Waals surface area contributed by atoms with Crippen molar-refractivity contribution < 1.29 is 22.7 Å². The summed E-state index contributed by atoms with van der Waals surface area (Å²) in [4.78, 5) is 24.7. The monoisotopic (exact) mass is 373 g/mol. The first-order chi connectivity index (χ1) is 12.4. The van der Waals surface area contributed by atoms with Crippen molar-refractivity contribution in [2.75, 3.05) is 18.0 Å². The molecule has 1 atom stereocenters. The van der Waals surface area contributed by atoms with Gasteiger partial charge >= 0.3 is 5.97 Å². The molecule has 2 aromatic carbocycles. The highest BCUT2D eigenvalue weighted by Gasteiger charge is 2.37. The van der Waals surface area contributed by atoms with Crippen molar-refractivity contribution >= 4 is 27.5 Å². The fourth-order valence-corrected chi connectivity index (χ4v) is 4.72. The van der Waals surface area contributed by atoms with E-state index in [1.165, 1.54) is 11.4 Å². The van der Waals surface area contributed by atoms with Crippen molar-refractivity contribution in [1.82, 2.24) is 0 Å². The fraction of sp³-hybridized carbons (Fsp3) is 0.263. The molecule has 0 radical (unpaired) electrons. The summed E-state index contributed by atoms with van der Waals surface area (Å²) < 4.78 is 32.0. The number of rotatable bonds is 4. The second kappa shape index (κ2) is 7.29. The van der Waals surface area contributed by atoms with Gasteiger partial charge in [-0.1, -0.05) is 42.5 Å². The number of sulfonamides is 1. The lowest BCUT2D eigenvalue weighted by Crippen LogP contribution is -2.33. The molecule has 0 saturated carbocycles.